The van der Waals surface area contributed by atoms with Gasteiger partial charge in [0.05, 0.1) is 0 Å². The van der Waals surface area contributed by atoms with Gasteiger partial charge in [-0.25, -0.2) is 0 Å². The van der Waals surface area contributed by atoms with Gasteiger partial charge in [-0.15, -0.1) is 0 Å². The average molecular weight is 249 g/mol. The second-order valence-corrected chi connectivity index (χ2v) is 23.4. The zero-order valence-electron chi connectivity index (χ0n) is 11.2. The Kier molecular flexibility index (Phi) is 4.33. The van der Waals surface area contributed by atoms with E-state index in [9.17, 15) is 0 Å². The summed E-state index contributed by atoms with van der Waals surface area (Å²) in [6, 6.07) is 11.9. The Morgan fingerprint density at radius 2 is 1.50 bits per heavy atom. The summed E-state index contributed by atoms with van der Waals surface area (Å²) in [7, 11) is -1.94. The van der Waals surface area contributed by atoms with Gasteiger partial charge in [-0.1, -0.05) is 75.2 Å². The maximum absolute atomic E-state index is 2.54. The lowest BCUT2D eigenvalue weighted by atomic mass is 10.2. The molecule has 0 heterocycles. The minimum absolute atomic E-state index is 0.935. The van der Waals surface area contributed by atoms with Crippen molar-refractivity contribution in [2.45, 2.75) is 38.8 Å². The fourth-order valence-corrected chi connectivity index (χ4v) is 4.87. The summed E-state index contributed by atoms with van der Waals surface area (Å²) in [5.41, 5.74) is 1.32. The van der Waals surface area contributed by atoms with Gasteiger partial charge in [0.2, 0.25) is 0 Å². The van der Waals surface area contributed by atoms with Gasteiger partial charge in [0.25, 0.3) is 0 Å². The molecule has 0 nitrogen and oxygen atoms in total. The molecule has 1 rings (SSSR count). The van der Waals surface area contributed by atoms with E-state index in [1.807, 2.05) is 0 Å². The number of allylic oxidation sites excluding steroid dienone is 1. The van der Waals surface area contributed by atoms with Crippen molar-refractivity contribution in [1.29, 1.82) is 0 Å². The maximum Gasteiger partial charge on any atom is 0.0447 e. The number of rotatable bonds is 4. The summed E-state index contributed by atoms with van der Waals surface area (Å²) in [6.07, 6.45) is 4.66. The summed E-state index contributed by atoms with van der Waals surface area (Å²) in [5, 5.41) is 0. The molecule has 0 amide bonds. The van der Waals surface area contributed by atoms with Crippen LogP contribution in [-0.2, 0) is 0 Å². The van der Waals surface area contributed by atoms with Crippen LogP contribution in [0.3, 0.4) is 0 Å². The highest BCUT2D eigenvalue weighted by Gasteiger charge is 2.35. The third-order valence-corrected chi connectivity index (χ3v) is 21.9. The molecule has 2 heteroatoms. The monoisotopic (exact) mass is 248 g/mol. The lowest BCUT2D eigenvalue weighted by Gasteiger charge is -2.34. The number of hydrogen-bond acceptors (Lipinski definition) is 0. The van der Waals surface area contributed by atoms with E-state index in [0.717, 1.165) is 0 Å². The van der Waals surface area contributed by atoms with Gasteiger partial charge in [-0.05, 0) is 11.6 Å². The van der Waals surface area contributed by atoms with Crippen LogP contribution in [0.1, 0.15) is 5.56 Å². The average Bonchev–Trinajstić information content (AvgIpc) is 2.17. The van der Waals surface area contributed by atoms with E-state index in [1.165, 1.54) is 11.6 Å². The highest BCUT2D eigenvalue weighted by atomic mass is 29.3. The van der Waals surface area contributed by atoms with Crippen LogP contribution in [-0.4, -0.2) is 15.2 Å². The molecule has 16 heavy (non-hydrogen) atoms. The molecular weight excluding hydrogens is 224 g/mol. The van der Waals surface area contributed by atoms with Gasteiger partial charge in [-0.3, -0.25) is 0 Å². The molecule has 0 saturated heterocycles. The molecule has 1 aromatic carbocycles. The lowest BCUT2D eigenvalue weighted by Crippen LogP contribution is -2.51. The van der Waals surface area contributed by atoms with Crippen LogP contribution < -0.4 is 0 Å². The highest BCUT2D eigenvalue weighted by molar-refractivity contribution is 7.40. The minimum atomic E-state index is -1.01. The van der Waals surface area contributed by atoms with Crippen molar-refractivity contribution in [1.82, 2.24) is 0 Å². The third-order valence-electron chi connectivity index (χ3n) is 3.77. The first kappa shape index (κ1) is 13.5. The van der Waals surface area contributed by atoms with Crippen LogP contribution >= 0.6 is 0 Å². The predicted octanol–water partition coefficient (Wildman–Crippen LogP) is 4.82. The van der Waals surface area contributed by atoms with Crippen LogP contribution in [0.2, 0.25) is 38.8 Å². The first-order valence-corrected chi connectivity index (χ1v) is 13.8. The molecule has 0 bridgehead atoms. The van der Waals surface area contributed by atoms with Crippen LogP contribution in [0.15, 0.2) is 36.4 Å². The topological polar surface area (TPSA) is 0 Å². The summed E-state index contributed by atoms with van der Waals surface area (Å²) >= 11 is 0. The van der Waals surface area contributed by atoms with Crippen LogP contribution in [0.5, 0.6) is 0 Å². The zero-order chi connectivity index (χ0) is 12.2. The summed E-state index contributed by atoms with van der Waals surface area (Å²) < 4.78 is 0. The Morgan fingerprint density at radius 3 is 2.00 bits per heavy atom. The molecule has 0 fully saturated rings. The van der Waals surface area contributed by atoms with Gasteiger partial charge in [0.1, 0.15) is 0 Å². The van der Waals surface area contributed by atoms with E-state index in [0.29, 0.717) is 0 Å². The fraction of sp³-hybridized carbons (Fsp3) is 0.429. The smallest absolute Gasteiger partial charge is 0.0447 e. The Hall–Kier alpha value is -0.606. The standard InChI is InChI=1S/C14H24Si2/c1-15(2,3)16(4,5)13-9-12-14-10-7-6-8-11-14/h6-12H,13H2,1-5H3/b12-9+. The van der Waals surface area contributed by atoms with E-state index in [1.54, 1.807) is 0 Å². The molecule has 0 saturated carbocycles. The lowest BCUT2D eigenvalue weighted by molar-refractivity contribution is 1.55. The minimum Gasteiger partial charge on any atom is -0.0868 e. The van der Waals surface area contributed by atoms with Crippen LogP contribution in [0.4, 0.5) is 0 Å². The van der Waals surface area contributed by atoms with Crippen molar-refractivity contribution in [3.05, 3.63) is 42.0 Å². The van der Waals surface area contributed by atoms with E-state index in [4.69, 9.17) is 0 Å². The fourth-order valence-electron chi connectivity index (χ4n) is 1.36. The van der Waals surface area contributed by atoms with Crippen molar-refractivity contribution >= 4 is 21.3 Å². The molecular formula is C14H24Si2. The van der Waals surface area contributed by atoms with E-state index in [-0.39, 0.29) is 0 Å². The first-order valence-electron chi connectivity index (χ1n) is 6.04. The largest absolute Gasteiger partial charge is 0.0868 e. The Labute approximate surface area is 102 Å². The molecule has 0 aromatic heterocycles. The van der Waals surface area contributed by atoms with Crippen LogP contribution in [0.25, 0.3) is 6.08 Å². The molecule has 0 aliphatic rings. The Bertz CT molecular complexity index is 345. The van der Waals surface area contributed by atoms with E-state index < -0.39 is 15.2 Å². The molecule has 88 valence electrons. The highest BCUT2D eigenvalue weighted by Crippen LogP contribution is 2.23. The van der Waals surface area contributed by atoms with Gasteiger partial charge in [0.15, 0.2) is 0 Å². The number of hydrogen-bond donors (Lipinski definition) is 0. The van der Waals surface area contributed by atoms with Crippen molar-refractivity contribution in [3.63, 3.8) is 0 Å². The predicted molar refractivity (Wildman–Crippen MR) is 81.1 cm³/mol. The van der Waals surface area contributed by atoms with Crippen LogP contribution in [0, 0.1) is 0 Å². The zero-order valence-corrected chi connectivity index (χ0v) is 13.2. The third kappa shape index (κ3) is 3.76. The van der Waals surface area contributed by atoms with E-state index >= 15 is 0 Å². The van der Waals surface area contributed by atoms with Gasteiger partial charge < -0.3 is 0 Å². The Morgan fingerprint density at radius 1 is 0.938 bits per heavy atom. The summed E-state index contributed by atoms with van der Waals surface area (Å²) in [5.74, 6) is 0. The maximum atomic E-state index is 2.54. The second kappa shape index (κ2) is 5.15. The molecule has 0 N–H and O–H groups in total. The van der Waals surface area contributed by atoms with Gasteiger partial charge >= 0.3 is 0 Å². The SMILES string of the molecule is C[Si](C)(C)[Si](C)(C)C/C=C/c1ccccc1. The van der Waals surface area contributed by atoms with Crippen molar-refractivity contribution < 1.29 is 0 Å². The first-order chi connectivity index (χ1) is 7.33. The van der Waals surface area contributed by atoms with E-state index in [2.05, 4.69) is 75.2 Å². The van der Waals surface area contributed by atoms with Crippen molar-refractivity contribution in [2.24, 2.45) is 0 Å². The molecule has 0 radical (unpaired) electrons. The summed E-state index contributed by atoms with van der Waals surface area (Å²) in [4.78, 5) is 0. The second-order valence-electron chi connectivity index (χ2n) is 6.15. The van der Waals surface area contributed by atoms with Gasteiger partial charge in [0, 0.05) is 15.2 Å². The molecule has 0 unspecified atom stereocenters. The van der Waals surface area contributed by atoms with Crippen molar-refractivity contribution in [2.75, 3.05) is 0 Å². The normalized spacial score (nSPS) is 13.3. The molecule has 1 aromatic rings. The van der Waals surface area contributed by atoms with Crippen molar-refractivity contribution in [3.8, 4) is 0 Å². The van der Waals surface area contributed by atoms with Gasteiger partial charge in [-0.2, -0.15) is 0 Å². The molecule has 0 aliphatic carbocycles. The quantitative estimate of drug-likeness (QED) is 0.670. The summed E-state index contributed by atoms with van der Waals surface area (Å²) in [6.45, 7) is 12.6. The molecule has 0 aliphatic heterocycles. The number of benzene rings is 1. The molecule has 0 spiro atoms. The molecule has 0 atom stereocenters. The Balaban J connectivity index is 2.62.